The summed E-state index contributed by atoms with van der Waals surface area (Å²) in [7, 11) is -1.96. The number of sulfonamides is 1. The molecule has 0 aliphatic carbocycles. The Bertz CT molecular complexity index is 879. The topological polar surface area (TPSA) is 57.7 Å². The van der Waals surface area contributed by atoms with Gasteiger partial charge in [-0.3, -0.25) is 4.79 Å². The highest BCUT2D eigenvalue weighted by Crippen LogP contribution is 2.19. The van der Waals surface area contributed by atoms with E-state index in [4.69, 9.17) is 0 Å². The van der Waals surface area contributed by atoms with Crippen LogP contribution in [-0.4, -0.2) is 43.7 Å². The molecule has 0 aromatic heterocycles. The lowest BCUT2D eigenvalue weighted by Crippen LogP contribution is -2.39. The van der Waals surface area contributed by atoms with Gasteiger partial charge >= 0.3 is 0 Å². The molecule has 6 heteroatoms. The molecule has 0 saturated carbocycles. The predicted molar refractivity (Wildman–Crippen MR) is 106 cm³/mol. The van der Waals surface area contributed by atoms with Crippen molar-refractivity contribution < 1.29 is 13.2 Å². The Morgan fingerprint density at radius 1 is 1.11 bits per heavy atom. The summed E-state index contributed by atoms with van der Waals surface area (Å²) >= 11 is 0. The highest BCUT2D eigenvalue weighted by molar-refractivity contribution is 7.89. The molecule has 1 aliphatic heterocycles. The first-order valence-corrected chi connectivity index (χ1v) is 10.7. The fourth-order valence-electron chi connectivity index (χ4n) is 3.42. The van der Waals surface area contributed by atoms with E-state index >= 15 is 0 Å². The molecule has 27 heavy (non-hydrogen) atoms. The predicted octanol–water partition coefficient (Wildman–Crippen LogP) is 3.38. The minimum atomic E-state index is -3.53. The molecule has 2 aromatic carbocycles. The van der Waals surface area contributed by atoms with E-state index in [1.54, 1.807) is 49.5 Å². The van der Waals surface area contributed by atoms with Crippen LogP contribution in [0.4, 0.5) is 0 Å². The van der Waals surface area contributed by atoms with Crippen LogP contribution in [0.3, 0.4) is 0 Å². The zero-order valence-corrected chi connectivity index (χ0v) is 16.7. The van der Waals surface area contributed by atoms with Crippen LogP contribution < -0.4 is 0 Å². The van der Waals surface area contributed by atoms with Crippen molar-refractivity contribution in [1.29, 1.82) is 0 Å². The number of piperidine rings is 1. The SMILES string of the molecule is CC1CCCN(C(=O)c2ccc(CN(C)S(=O)(=O)c3ccccc3)cc2)C1. The summed E-state index contributed by atoms with van der Waals surface area (Å²) in [6, 6.07) is 15.6. The quantitative estimate of drug-likeness (QED) is 0.792. The summed E-state index contributed by atoms with van der Waals surface area (Å²) in [5.74, 6) is 0.595. The van der Waals surface area contributed by atoms with Gasteiger partial charge in [-0.25, -0.2) is 8.42 Å². The van der Waals surface area contributed by atoms with E-state index in [2.05, 4.69) is 6.92 Å². The van der Waals surface area contributed by atoms with Gasteiger partial charge in [0.25, 0.3) is 5.91 Å². The summed E-state index contributed by atoms with van der Waals surface area (Å²) in [6.45, 7) is 4.04. The Morgan fingerprint density at radius 3 is 2.41 bits per heavy atom. The molecule has 5 nitrogen and oxygen atoms in total. The van der Waals surface area contributed by atoms with Crippen molar-refractivity contribution >= 4 is 15.9 Å². The van der Waals surface area contributed by atoms with Crippen LogP contribution in [0.15, 0.2) is 59.5 Å². The van der Waals surface area contributed by atoms with Crippen LogP contribution >= 0.6 is 0 Å². The van der Waals surface area contributed by atoms with Crippen LogP contribution in [0.25, 0.3) is 0 Å². The van der Waals surface area contributed by atoms with Gasteiger partial charge in [-0.2, -0.15) is 4.31 Å². The van der Waals surface area contributed by atoms with Gasteiger partial charge in [-0.05, 0) is 48.6 Å². The summed E-state index contributed by atoms with van der Waals surface area (Å²) in [4.78, 5) is 14.8. The van der Waals surface area contributed by atoms with Crippen molar-refractivity contribution in [3.63, 3.8) is 0 Å². The molecule has 0 radical (unpaired) electrons. The second-order valence-electron chi connectivity index (χ2n) is 7.27. The Balaban J connectivity index is 1.68. The number of nitrogens with zero attached hydrogens (tertiary/aromatic N) is 2. The molecular formula is C21H26N2O3S. The zero-order valence-electron chi connectivity index (χ0n) is 15.8. The highest BCUT2D eigenvalue weighted by atomic mass is 32.2. The van der Waals surface area contributed by atoms with Gasteiger partial charge in [-0.1, -0.05) is 37.3 Å². The Labute approximate surface area is 161 Å². The molecule has 144 valence electrons. The lowest BCUT2D eigenvalue weighted by Gasteiger charge is -2.31. The van der Waals surface area contributed by atoms with E-state index in [0.29, 0.717) is 11.5 Å². The molecule has 1 aliphatic rings. The molecule has 2 aromatic rings. The van der Waals surface area contributed by atoms with Gasteiger partial charge < -0.3 is 4.90 Å². The second-order valence-corrected chi connectivity index (χ2v) is 9.31. The lowest BCUT2D eigenvalue weighted by atomic mass is 9.99. The number of rotatable bonds is 5. The molecule has 1 atom stereocenters. The zero-order chi connectivity index (χ0) is 19.4. The first kappa shape index (κ1) is 19.6. The van der Waals surface area contributed by atoms with Crippen molar-refractivity contribution in [3.05, 3.63) is 65.7 Å². The normalized spacial score (nSPS) is 17.9. The van der Waals surface area contributed by atoms with E-state index in [1.807, 2.05) is 17.0 Å². The maximum atomic E-state index is 12.6. The Morgan fingerprint density at radius 2 is 1.78 bits per heavy atom. The van der Waals surface area contributed by atoms with Crippen LogP contribution in [0, 0.1) is 5.92 Å². The van der Waals surface area contributed by atoms with E-state index in [0.717, 1.165) is 25.1 Å². The number of benzene rings is 2. The molecule has 3 rings (SSSR count). The number of carbonyl (C=O) groups is 1. The summed E-state index contributed by atoms with van der Waals surface area (Å²) in [5.41, 5.74) is 1.50. The van der Waals surface area contributed by atoms with Crippen LogP contribution in [-0.2, 0) is 16.6 Å². The summed E-state index contributed by atoms with van der Waals surface area (Å²) < 4.78 is 26.6. The minimum absolute atomic E-state index is 0.0540. The molecule has 0 N–H and O–H groups in total. The van der Waals surface area contributed by atoms with Crippen LogP contribution in [0.5, 0.6) is 0 Å². The van der Waals surface area contributed by atoms with Crippen molar-refractivity contribution in [2.24, 2.45) is 5.92 Å². The summed E-state index contributed by atoms with van der Waals surface area (Å²) in [6.07, 6.45) is 2.22. The van der Waals surface area contributed by atoms with Gasteiger partial charge in [0.1, 0.15) is 0 Å². The molecule has 0 bridgehead atoms. The smallest absolute Gasteiger partial charge is 0.253 e. The first-order chi connectivity index (χ1) is 12.9. The van der Waals surface area contributed by atoms with E-state index in [1.165, 1.54) is 10.7 Å². The van der Waals surface area contributed by atoms with Crippen LogP contribution in [0.2, 0.25) is 0 Å². The lowest BCUT2D eigenvalue weighted by molar-refractivity contribution is 0.0683. The molecule has 1 unspecified atom stereocenters. The molecular weight excluding hydrogens is 360 g/mol. The third-order valence-corrected chi connectivity index (χ3v) is 6.82. The molecule has 1 fully saturated rings. The number of carbonyl (C=O) groups excluding carboxylic acids is 1. The summed E-state index contributed by atoms with van der Waals surface area (Å²) in [5, 5.41) is 0. The number of likely N-dealkylation sites (tertiary alicyclic amines) is 1. The van der Waals surface area contributed by atoms with Crippen molar-refractivity contribution in [2.75, 3.05) is 20.1 Å². The number of hydrogen-bond acceptors (Lipinski definition) is 3. The number of hydrogen-bond donors (Lipinski definition) is 0. The van der Waals surface area contributed by atoms with Crippen molar-refractivity contribution in [2.45, 2.75) is 31.2 Å². The minimum Gasteiger partial charge on any atom is -0.338 e. The van der Waals surface area contributed by atoms with Crippen molar-refractivity contribution in [3.8, 4) is 0 Å². The standard InChI is InChI=1S/C21H26N2O3S/c1-17-7-6-14-23(15-17)21(24)19-12-10-18(11-13-19)16-22(2)27(25,26)20-8-4-3-5-9-20/h3-5,8-13,17H,6-7,14-16H2,1-2H3. The van der Waals surface area contributed by atoms with Gasteiger partial charge in [0, 0.05) is 32.2 Å². The molecule has 1 heterocycles. The van der Waals surface area contributed by atoms with Crippen LogP contribution in [0.1, 0.15) is 35.7 Å². The Kier molecular flexibility index (Phi) is 5.97. The average Bonchev–Trinajstić information content (AvgIpc) is 2.68. The average molecular weight is 387 g/mol. The number of amides is 1. The monoisotopic (exact) mass is 386 g/mol. The maximum Gasteiger partial charge on any atom is 0.253 e. The van der Waals surface area contributed by atoms with Gasteiger partial charge in [0.2, 0.25) is 10.0 Å². The molecule has 1 amide bonds. The largest absolute Gasteiger partial charge is 0.338 e. The van der Waals surface area contributed by atoms with E-state index in [-0.39, 0.29) is 17.3 Å². The Hall–Kier alpha value is -2.18. The van der Waals surface area contributed by atoms with Gasteiger partial charge in [0.15, 0.2) is 0 Å². The maximum absolute atomic E-state index is 12.6. The third kappa shape index (κ3) is 4.57. The third-order valence-electron chi connectivity index (χ3n) is 5.00. The first-order valence-electron chi connectivity index (χ1n) is 9.27. The fourth-order valence-corrected chi connectivity index (χ4v) is 4.60. The highest BCUT2D eigenvalue weighted by Gasteiger charge is 2.23. The van der Waals surface area contributed by atoms with E-state index < -0.39 is 10.0 Å². The van der Waals surface area contributed by atoms with E-state index in [9.17, 15) is 13.2 Å². The fraction of sp³-hybridized carbons (Fsp3) is 0.381. The van der Waals surface area contributed by atoms with Gasteiger partial charge in [0.05, 0.1) is 4.90 Å². The molecule has 0 spiro atoms. The van der Waals surface area contributed by atoms with Crippen molar-refractivity contribution in [1.82, 2.24) is 9.21 Å². The molecule has 1 saturated heterocycles. The second kappa shape index (κ2) is 8.23. The van der Waals surface area contributed by atoms with Gasteiger partial charge in [-0.15, -0.1) is 0 Å².